The van der Waals surface area contributed by atoms with E-state index in [-0.39, 0.29) is 29.0 Å². The standard InChI is InChI=1S/C28H31N3O.C26H27IN2O3.C14H25NO2/c29-25-13-10-23(21-6-2-1-3-7-21)20-26(25)30-27(32)22-8-11-24(12-9-22)31-18-16-28(17-19-31)14-4-5-15-28;1-5-29(24(30)19-11-14-21(27)15-12-19)23-17-20(18-9-7-6-8-10-18)13-16-22(23)28-25(31)32-26(2,3)4;1-13(2,3)17-12(16)15-11-7-10-14(15)8-5-4-6-9-14/h1-3,6-13,20H,4-5,14-19,29H2,(H,30,32);6-17H,5H2,1-4H3,(H,28,31);4-11H2,1-3H3. The molecule has 4 amide bonds. The van der Waals surface area contributed by atoms with Crippen LogP contribution in [-0.4, -0.2) is 71.8 Å². The summed E-state index contributed by atoms with van der Waals surface area (Å²) in [5.41, 5.74) is 14.7. The van der Waals surface area contributed by atoms with Gasteiger partial charge in [-0.05, 0) is 223 Å². The molecule has 4 aliphatic rings. The molecule has 6 aromatic carbocycles. The molecule has 0 radical (unpaired) electrons. The summed E-state index contributed by atoms with van der Waals surface area (Å²) in [4.78, 5) is 57.2. The zero-order valence-electron chi connectivity index (χ0n) is 48.6. The number of nitrogens with two attached hydrogens (primary N) is 1. The van der Waals surface area contributed by atoms with Crippen molar-refractivity contribution in [1.29, 1.82) is 0 Å². The summed E-state index contributed by atoms with van der Waals surface area (Å²) in [5.74, 6) is -0.279. The Morgan fingerprint density at radius 3 is 1.69 bits per heavy atom. The van der Waals surface area contributed by atoms with Gasteiger partial charge in [0.15, 0.2) is 0 Å². The van der Waals surface area contributed by atoms with E-state index in [4.69, 9.17) is 15.2 Å². The fourth-order valence-electron chi connectivity index (χ4n) is 11.9. The summed E-state index contributed by atoms with van der Waals surface area (Å²) < 4.78 is 12.0. The van der Waals surface area contributed by atoms with Crippen LogP contribution in [-0.2, 0) is 9.47 Å². The maximum Gasteiger partial charge on any atom is 0.412 e. The number of halogens is 1. The molecular formula is C68H83IN6O6. The summed E-state index contributed by atoms with van der Waals surface area (Å²) in [6.45, 7) is 16.7. The first-order valence-corrected chi connectivity index (χ1v) is 30.2. The largest absolute Gasteiger partial charge is 0.444 e. The minimum Gasteiger partial charge on any atom is -0.444 e. The second-order valence-corrected chi connectivity index (χ2v) is 25.4. The third kappa shape index (κ3) is 16.2. The fourth-order valence-corrected chi connectivity index (χ4v) is 12.2. The van der Waals surface area contributed by atoms with Gasteiger partial charge in [0.1, 0.15) is 11.2 Å². The van der Waals surface area contributed by atoms with Crippen molar-refractivity contribution >= 4 is 75.0 Å². The minimum absolute atomic E-state index is 0.100. The van der Waals surface area contributed by atoms with E-state index in [1.54, 1.807) is 4.90 Å². The molecule has 13 heteroatoms. The van der Waals surface area contributed by atoms with Crippen molar-refractivity contribution < 1.29 is 28.7 Å². The molecule has 10 rings (SSSR count). The second-order valence-electron chi connectivity index (χ2n) is 24.2. The number of likely N-dealkylation sites (tertiary alicyclic amines) is 1. The number of nitrogens with zero attached hydrogens (tertiary/aromatic N) is 3. The van der Waals surface area contributed by atoms with Crippen molar-refractivity contribution in [2.45, 2.75) is 149 Å². The van der Waals surface area contributed by atoms with Gasteiger partial charge in [0, 0.05) is 52.1 Å². The van der Waals surface area contributed by atoms with Crippen LogP contribution in [0.4, 0.5) is 38.0 Å². The number of carbonyl (C=O) groups is 4. The highest BCUT2D eigenvalue weighted by atomic mass is 127. The molecule has 4 N–H and O–H groups in total. The minimum atomic E-state index is -0.629. The summed E-state index contributed by atoms with van der Waals surface area (Å²) in [6.07, 6.45) is 16.1. The maximum atomic E-state index is 13.4. The molecule has 2 aliphatic carbocycles. The molecule has 2 saturated carbocycles. The highest BCUT2D eigenvalue weighted by Gasteiger charge is 2.45. The first-order valence-electron chi connectivity index (χ1n) is 29.1. The van der Waals surface area contributed by atoms with Gasteiger partial charge in [-0.25, -0.2) is 9.59 Å². The monoisotopic (exact) mass is 1210 g/mol. The van der Waals surface area contributed by atoms with E-state index in [9.17, 15) is 19.2 Å². The van der Waals surface area contributed by atoms with E-state index in [0.29, 0.717) is 45.8 Å². The van der Waals surface area contributed by atoms with Crippen LogP contribution in [0.5, 0.6) is 0 Å². The van der Waals surface area contributed by atoms with Gasteiger partial charge < -0.3 is 35.2 Å². The van der Waals surface area contributed by atoms with Gasteiger partial charge in [0.25, 0.3) is 11.8 Å². The average Bonchev–Trinajstić information content (AvgIpc) is 4.18. The Kier molecular flexibility index (Phi) is 19.9. The van der Waals surface area contributed by atoms with Gasteiger partial charge in [-0.2, -0.15) is 0 Å². The van der Waals surface area contributed by atoms with Crippen LogP contribution in [0.2, 0.25) is 0 Å². The van der Waals surface area contributed by atoms with Gasteiger partial charge in [-0.1, -0.05) is 105 Å². The van der Waals surface area contributed by atoms with Crippen LogP contribution >= 0.6 is 22.6 Å². The lowest BCUT2D eigenvalue weighted by atomic mass is 9.77. The molecule has 0 unspecified atom stereocenters. The van der Waals surface area contributed by atoms with E-state index >= 15 is 0 Å². The van der Waals surface area contributed by atoms with Crippen molar-refractivity contribution in [3.63, 3.8) is 0 Å². The number of piperidine rings is 1. The second kappa shape index (κ2) is 26.8. The molecule has 0 bridgehead atoms. The summed E-state index contributed by atoms with van der Waals surface area (Å²) >= 11 is 2.21. The molecule has 2 aliphatic heterocycles. The quantitative estimate of drug-likeness (QED) is 0.0958. The van der Waals surface area contributed by atoms with Gasteiger partial charge in [-0.3, -0.25) is 14.9 Å². The summed E-state index contributed by atoms with van der Waals surface area (Å²) in [5, 5.41) is 5.81. The number of carbonyl (C=O) groups excluding carboxylic acids is 4. The number of ether oxygens (including phenoxy) is 2. The Balaban J connectivity index is 0.000000167. The Labute approximate surface area is 494 Å². The Morgan fingerprint density at radius 2 is 1.11 bits per heavy atom. The predicted molar refractivity (Wildman–Crippen MR) is 339 cm³/mol. The molecular weight excluding hydrogens is 1120 g/mol. The topological polar surface area (TPSA) is 147 Å². The highest BCUT2D eigenvalue weighted by Crippen LogP contribution is 2.47. The number of anilines is 5. The zero-order chi connectivity index (χ0) is 57.8. The molecule has 2 spiro atoms. The molecule has 4 fully saturated rings. The van der Waals surface area contributed by atoms with E-state index in [1.807, 2.05) is 187 Å². The Hall–Kier alpha value is -6.87. The number of hydrogen-bond donors (Lipinski definition) is 3. The van der Waals surface area contributed by atoms with Crippen LogP contribution in [0.25, 0.3) is 22.3 Å². The SMILES string of the molecule is CC(C)(C)OC(=O)N1CCCC12CCCCC2.CCN(C(=O)c1ccc(I)cc1)c1cc(-c2ccccc2)ccc1NC(=O)OC(C)(C)C.Nc1ccc(-c2ccccc2)cc1NC(=O)c1ccc(N2CCC3(CCCC3)CC2)cc1. The summed E-state index contributed by atoms with van der Waals surface area (Å²) in [7, 11) is 0. The number of nitrogens with one attached hydrogen (secondary N) is 2. The first kappa shape index (κ1) is 60.2. The Morgan fingerprint density at radius 1 is 0.568 bits per heavy atom. The van der Waals surface area contributed by atoms with Crippen LogP contribution in [0.15, 0.2) is 146 Å². The average molecular weight is 1210 g/mol. The van der Waals surface area contributed by atoms with E-state index in [1.165, 1.54) is 82.7 Å². The lowest BCUT2D eigenvalue weighted by Gasteiger charge is -2.41. The highest BCUT2D eigenvalue weighted by molar-refractivity contribution is 14.1. The summed E-state index contributed by atoms with van der Waals surface area (Å²) in [6, 6.07) is 46.8. The van der Waals surface area contributed by atoms with E-state index < -0.39 is 11.7 Å². The van der Waals surface area contributed by atoms with Crippen molar-refractivity contribution in [2.24, 2.45) is 5.41 Å². The fraction of sp³-hybridized carbons (Fsp3) is 0.412. The number of hydrogen-bond acceptors (Lipinski definition) is 8. The van der Waals surface area contributed by atoms with Crippen molar-refractivity contribution in [3.05, 3.63) is 160 Å². The molecule has 2 heterocycles. The van der Waals surface area contributed by atoms with Crippen LogP contribution in [0.3, 0.4) is 0 Å². The third-order valence-electron chi connectivity index (χ3n) is 16.1. The number of amides is 4. The molecule has 81 heavy (non-hydrogen) atoms. The third-order valence-corrected chi connectivity index (χ3v) is 16.8. The van der Waals surface area contributed by atoms with Crippen LogP contribution in [0, 0.1) is 8.99 Å². The lowest BCUT2D eigenvalue weighted by molar-refractivity contribution is 0.000517. The van der Waals surface area contributed by atoms with Crippen molar-refractivity contribution in [2.75, 3.05) is 52.3 Å². The smallest absolute Gasteiger partial charge is 0.412 e. The lowest BCUT2D eigenvalue weighted by Crippen LogP contribution is -2.50. The number of rotatable bonds is 9. The normalized spacial score (nSPS) is 16.3. The van der Waals surface area contributed by atoms with Crippen molar-refractivity contribution in [3.8, 4) is 22.3 Å². The zero-order valence-corrected chi connectivity index (χ0v) is 50.8. The number of nitrogen functional groups attached to an aromatic ring is 1. The Bertz CT molecular complexity index is 3060. The molecule has 0 aromatic heterocycles. The molecule has 6 aromatic rings. The van der Waals surface area contributed by atoms with E-state index in [2.05, 4.69) is 50.3 Å². The predicted octanol–water partition coefficient (Wildman–Crippen LogP) is 17.0. The molecule has 12 nitrogen and oxygen atoms in total. The van der Waals surface area contributed by atoms with Gasteiger partial charge >= 0.3 is 12.2 Å². The van der Waals surface area contributed by atoms with Crippen LogP contribution < -0.4 is 26.2 Å². The van der Waals surface area contributed by atoms with Gasteiger partial charge in [-0.15, -0.1) is 0 Å². The van der Waals surface area contributed by atoms with Gasteiger partial charge in [0.05, 0.1) is 22.7 Å². The van der Waals surface area contributed by atoms with Crippen LogP contribution in [0.1, 0.15) is 153 Å². The molecule has 0 atom stereocenters. The van der Waals surface area contributed by atoms with E-state index in [0.717, 1.165) is 51.9 Å². The van der Waals surface area contributed by atoms with Crippen molar-refractivity contribution in [1.82, 2.24) is 4.90 Å². The first-order chi connectivity index (χ1) is 38.7. The molecule has 428 valence electrons. The van der Waals surface area contributed by atoms with Gasteiger partial charge in [0.2, 0.25) is 0 Å². The molecule has 2 saturated heterocycles. The maximum absolute atomic E-state index is 13.4. The number of benzene rings is 6.